The van der Waals surface area contributed by atoms with Gasteiger partial charge in [-0.2, -0.15) is 0 Å². The maximum absolute atomic E-state index is 11.5. The minimum atomic E-state index is -1.19. The summed E-state index contributed by atoms with van der Waals surface area (Å²) >= 11 is 0. The number of rotatable bonds is 12. The summed E-state index contributed by atoms with van der Waals surface area (Å²) in [6.45, 7) is 4.18. The van der Waals surface area contributed by atoms with Gasteiger partial charge in [-0.1, -0.05) is 48.5 Å². The molecule has 0 saturated carbocycles. The van der Waals surface area contributed by atoms with Gasteiger partial charge in [0.05, 0.1) is 4.92 Å². The van der Waals surface area contributed by atoms with Gasteiger partial charge < -0.3 is 26.0 Å². The van der Waals surface area contributed by atoms with Crippen LogP contribution in [0, 0.1) is 10.1 Å². The van der Waals surface area contributed by atoms with Crippen LogP contribution in [0.4, 0.5) is 5.69 Å². The summed E-state index contributed by atoms with van der Waals surface area (Å²) in [6, 6.07) is 17.5. The number of aliphatic carboxylic acids is 1. The van der Waals surface area contributed by atoms with Crippen molar-refractivity contribution in [2.45, 2.75) is 44.4 Å². The Kier molecular flexibility index (Phi) is 8.39. The van der Waals surface area contributed by atoms with Crippen molar-refractivity contribution in [1.29, 1.82) is 0 Å². The van der Waals surface area contributed by atoms with Gasteiger partial charge in [0.1, 0.15) is 18.8 Å². The topological polar surface area (TPSA) is 148 Å². The highest BCUT2D eigenvalue weighted by atomic mass is 16.6. The molecule has 0 aliphatic rings. The third kappa shape index (κ3) is 7.48. The zero-order chi connectivity index (χ0) is 25.6. The van der Waals surface area contributed by atoms with Gasteiger partial charge in [-0.3, -0.25) is 14.9 Å². The van der Waals surface area contributed by atoms with Crippen LogP contribution in [0.3, 0.4) is 0 Å². The summed E-state index contributed by atoms with van der Waals surface area (Å²) in [5.74, 6) is -1.19. The summed E-state index contributed by atoms with van der Waals surface area (Å²) in [6.07, 6.45) is -0.197. The van der Waals surface area contributed by atoms with Crippen LogP contribution in [-0.4, -0.2) is 51.9 Å². The zero-order valence-corrected chi connectivity index (χ0v) is 19.8. The average Bonchev–Trinajstić information content (AvgIpc) is 2.81. The number of carbonyl (C=O) groups is 1. The van der Waals surface area contributed by atoms with E-state index in [0.717, 1.165) is 6.42 Å². The molecule has 2 atom stereocenters. The lowest BCUT2D eigenvalue weighted by molar-refractivity contribution is -0.386. The molecule has 9 nitrogen and oxygen atoms in total. The lowest BCUT2D eigenvalue weighted by Crippen LogP contribution is -2.46. The zero-order valence-electron chi connectivity index (χ0n) is 19.8. The number of carboxylic acid groups (broad SMARTS) is 1. The summed E-state index contributed by atoms with van der Waals surface area (Å²) < 4.78 is 5.52. The molecule has 3 rings (SSSR count). The van der Waals surface area contributed by atoms with Crippen molar-refractivity contribution in [2.24, 2.45) is 5.73 Å². The third-order valence-electron chi connectivity index (χ3n) is 5.70. The van der Waals surface area contributed by atoms with Gasteiger partial charge in [0, 0.05) is 18.2 Å². The molecular formula is C26H31N3O6. The first-order chi connectivity index (χ1) is 16.5. The van der Waals surface area contributed by atoms with E-state index in [-0.39, 0.29) is 36.5 Å². The molecule has 5 N–H and O–H groups in total. The van der Waals surface area contributed by atoms with Crippen LogP contribution in [0.15, 0.2) is 60.7 Å². The number of benzene rings is 3. The van der Waals surface area contributed by atoms with Gasteiger partial charge in [-0.25, -0.2) is 0 Å². The van der Waals surface area contributed by atoms with Crippen molar-refractivity contribution < 1.29 is 24.7 Å². The van der Waals surface area contributed by atoms with Crippen LogP contribution in [0.25, 0.3) is 10.8 Å². The van der Waals surface area contributed by atoms with Crippen molar-refractivity contribution >= 4 is 22.4 Å². The molecule has 0 aliphatic heterocycles. The maximum Gasteiger partial charge on any atom is 0.320 e. The van der Waals surface area contributed by atoms with E-state index in [0.29, 0.717) is 5.56 Å². The van der Waals surface area contributed by atoms with Crippen LogP contribution in [0.1, 0.15) is 25.0 Å². The minimum absolute atomic E-state index is 0.00267. The van der Waals surface area contributed by atoms with Gasteiger partial charge in [0.25, 0.3) is 0 Å². The van der Waals surface area contributed by atoms with E-state index in [2.05, 4.69) is 35.6 Å². The number of aliphatic hydroxyl groups is 1. The molecule has 0 saturated heterocycles. The first-order valence-electron chi connectivity index (χ1n) is 11.3. The van der Waals surface area contributed by atoms with Gasteiger partial charge >= 0.3 is 11.7 Å². The molecule has 0 radical (unpaired) electrons. The number of nitro groups is 1. The smallest absolute Gasteiger partial charge is 0.320 e. The highest BCUT2D eigenvalue weighted by Crippen LogP contribution is 2.28. The second-order valence-electron chi connectivity index (χ2n) is 9.30. The van der Waals surface area contributed by atoms with Crippen molar-refractivity contribution in [3.63, 3.8) is 0 Å². The number of hydrogen-bond acceptors (Lipinski definition) is 7. The van der Waals surface area contributed by atoms with Crippen LogP contribution < -0.4 is 15.8 Å². The lowest BCUT2D eigenvalue weighted by Gasteiger charge is -2.28. The molecule has 3 aromatic carbocycles. The third-order valence-corrected chi connectivity index (χ3v) is 5.70. The van der Waals surface area contributed by atoms with Gasteiger partial charge in [0.2, 0.25) is 0 Å². The lowest BCUT2D eigenvalue weighted by atomic mass is 9.93. The Hall–Kier alpha value is -3.53. The van der Waals surface area contributed by atoms with E-state index in [1.54, 1.807) is 0 Å². The Morgan fingerprint density at radius 2 is 1.80 bits per heavy atom. The van der Waals surface area contributed by atoms with Crippen LogP contribution in [-0.2, 0) is 17.6 Å². The van der Waals surface area contributed by atoms with Gasteiger partial charge in [-0.15, -0.1) is 0 Å². The fourth-order valence-corrected chi connectivity index (χ4v) is 3.86. The largest absolute Gasteiger partial charge is 0.484 e. The first kappa shape index (κ1) is 26.1. The fourth-order valence-electron chi connectivity index (χ4n) is 3.86. The highest BCUT2D eigenvalue weighted by Gasteiger charge is 2.22. The molecule has 0 bridgehead atoms. The number of β-amino-alcohol motifs (C(OH)–C–C–N with tert-alkyl or cyclic N) is 1. The average molecular weight is 482 g/mol. The Balaban J connectivity index is 1.55. The number of ether oxygens (including phenoxy) is 1. The molecular weight excluding hydrogens is 450 g/mol. The molecule has 0 aromatic heterocycles. The SMILES string of the molecule is CC(C)(Cc1ccc2ccccc2c1)NC[C@H](O)COc1ccc(C[C@H](N)C(=O)O)cc1[N+](=O)[O-]. The molecule has 0 spiro atoms. The number of nitro benzene ring substituents is 1. The van der Waals surface area contributed by atoms with Crippen LogP contribution >= 0.6 is 0 Å². The highest BCUT2D eigenvalue weighted by molar-refractivity contribution is 5.83. The Morgan fingerprint density at radius 1 is 1.11 bits per heavy atom. The van der Waals surface area contributed by atoms with Gasteiger partial charge in [-0.05, 0) is 54.7 Å². The quantitative estimate of drug-likeness (QED) is 0.228. The molecule has 0 aliphatic carbocycles. The van der Waals surface area contributed by atoms with E-state index in [1.807, 2.05) is 26.0 Å². The molecule has 186 valence electrons. The molecule has 0 heterocycles. The molecule has 3 aromatic rings. The van der Waals surface area contributed by atoms with Crippen molar-refractivity contribution in [2.75, 3.05) is 13.2 Å². The van der Waals surface area contributed by atoms with Crippen molar-refractivity contribution in [3.8, 4) is 5.75 Å². The molecule has 0 fully saturated rings. The monoisotopic (exact) mass is 481 g/mol. The second kappa shape index (κ2) is 11.3. The number of nitrogens with two attached hydrogens (primary N) is 1. The molecule has 35 heavy (non-hydrogen) atoms. The number of carboxylic acids is 1. The minimum Gasteiger partial charge on any atom is -0.484 e. The number of aliphatic hydroxyl groups excluding tert-OH is 1. The predicted molar refractivity (Wildman–Crippen MR) is 134 cm³/mol. The number of nitrogens with one attached hydrogen (secondary N) is 1. The maximum atomic E-state index is 11.5. The Bertz CT molecular complexity index is 1200. The standard InChI is InChI=1S/C26H31N3O6/c1-26(2,14-18-7-9-19-5-3-4-6-20(19)11-18)28-15-21(30)16-35-24-10-8-17(12-22(27)25(31)32)13-23(24)29(33)34/h3-11,13,21-22,28,30H,12,14-16,27H2,1-2H3,(H,31,32)/t21-,22-/m0/s1. The van der Waals surface area contributed by atoms with Crippen molar-refractivity contribution in [3.05, 3.63) is 81.9 Å². The second-order valence-corrected chi connectivity index (χ2v) is 9.30. The van der Waals surface area contributed by atoms with Crippen LogP contribution in [0.2, 0.25) is 0 Å². The first-order valence-corrected chi connectivity index (χ1v) is 11.3. The van der Waals surface area contributed by atoms with Crippen molar-refractivity contribution in [1.82, 2.24) is 5.32 Å². The molecule has 0 amide bonds. The number of nitrogens with zero attached hydrogens (tertiary/aromatic N) is 1. The normalized spacial score (nSPS) is 13.4. The van der Waals surface area contributed by atoms with Gasteiger partial charge in [0.15, 0.2) is 5.75 Å². The number of hydrogen-bond donors (Lipinski definition) is 4. The van der Waals surface area contributed by atoms with Crippen LogP contribution in [0.5, 0.6) is 5.75 Å². The predicted octanol–water partition coefficient (Wildman–Crippen LogP) is 3.05. The number of fused-ring (bicyclic) bond motifs is 1. The summed E-state index contributed by atoms with van der Waals surface area (Å²) in [5, 5.41) is 36.5. The molecule has 0 unspecified atom stereocenters. The summed E-state index contributed by atoms with van der Waals surface area (Å²) in [5.41, 5.74) is 6.48. The van der Waals surface area contributed by atoms with E-state index < -0.39 is 23.0 Å². The molecule has 9 heteroatoms. The Morgan fingerprint density at radius 3 is 2.49 bits per heavy atom. The Labute approximate surface area is 203 Å². The van der Waals surface area contributed by atoms with E-state index in [4.69, 9.17) is 15.6 Å². The summed E-state index contributed by atoms with van der Waals surface area (Å²) in [4.78, 5) is 21.8. The van der Waals surface area contributed by atoms with E-state index >= 15 is 0 Å². The summed E-state index contributed by atoms with van der Waals surface area (Å²) in [7, 11) is 0. The fraction of sp³-hybridized carbons (Fsp3) is 0.346. The van der Waals surface area contributed by atoms with E-state index in [9.17, 15) is 20.0 Å². The van der Waals surface area contributed by atoms with E-state index in [1.165, 1.54) is 34.5 Å².